The molecule has 0 radical (unpaired) electrons. The number of rotatable bonds is 6. The standard InChI is InChI=1S/C19H20F3N3O/c1-24(11-14-7-3-2-4-8-14)12-15(26)13-25-17-10-6-5-9-16(17)23-18(25)19(20,21)22/h2-10,15,26H,11-13H2,1H3/t15-/m1/s1. The molecule has 0 fully saturated rings. The van der Waals surface area contributed by atoms with E-state index in [0.29, 0.717) is 12.1 Å². The maximum absolute atomic E-state index is 13.3. The van der Waals surface area contributed by atoms with Gasteiger partial charge < -0.3 is 9.67 Å². The molecule has 0 spiro atoms. The zero-order chi connectivity index (χ0) is 18.7. The van der Waals surface area contributed by atoms with Crippen LogP contribution in [0.25, 0.3) is 11.0 Å². The molecule has 0 bridgehead atoms. The van der Waals surface area contributed by atoms with Crippen LogP contribution in [0.3, 0.4) is 0 Å². The van der Waals surface area contributed by atoms with Gasteiger partial charge in [0.1, 0.15) is 0 Å². The van der Waals surface area contributed by atoms with Crippen molar-refractivity contribution in [2.24, 2.45) is 0 Å². The molecule has 138 valence electrons. The van der Waals surface area contributed by atoms with E-state index in [2.05, 4.69) is 4.98 Å². The first-order chi connectivity index (χ1) is 12.3. The zero-order valence-electron chi connectivity index (χ0n) is 14.3. The van der Waals surface area contributed by atoms with Crippen molar-refractivity contribution >= 4 is 11.0 Å². The molecular weight excluding hydrogens is 343 g/mol. The summed E-state index contributed by atoms with van der Waals surface area (Å²) in [7, 11) is 1.83. The lowest BCUT2D eigenvalue weighted by Crippen LogP contribution is -2.32. The van der Waals surface area contributed by atoms with Gasteiger partial charge in [-0.1, -0.05) is 42.5 Å². The normalized spacial score (nSPS) is 13.5. The molecule has 0 saturated heterocycles. The second-order valence-electron chi connectivity index (χ2n) is 6.37. The number of nitrogens with zero attached hydrogens (tertiary/aromatic N) is 3. The maximum atomic E-state index is 13.3. The van der Waals surface area contributed by atoms with Crippen molar-refractivity contribution in [3.8, 4) is 0 Å². The minimum absolute atomic E-state index is 0.172. The van der Waals surface area contributed by atoms with E-state index in [4.69, 9.17) is 0 Å². The number of hydrogen-bond acceptors (Lipinski definition) is 3. The van der Waals surface area contributed by atoms with Crippen molar-refractivity contribution in [3.05, 3.63) is 66.0 Å². The SMILES string of the molecule is CN(Cc1ccccc1)C[C@@H](O)Cn1c(C(F)(F)F)nc2ccccc21. The number of imidazole rings is 1. The fourth-order valence-corrected chi connectivity index (χ4v) is 3.06. The minimum Gasteiger partial charge on any atom is -0.390 e. The molecule has 0 aliphatic carbocycles. The van der Waals surface area contributed by atoms with Gasteiger partial charge in [0.05, 0.1) is 23.7 Å². The van der Waals surface area contributed by atoms with E-state index in [9.17, 15) is 18.3 Å². The van der Waals surface area contributed by atoms with Crippen molar-refractivity contribution in [2.75, 3.05) is 13.6 Å². The Kier molecular flexibility index (Phi) is 5.29. The largest absolute Gasteiger partial charge is 0.449 e. The summed E-state index contributed by atoms with van der Waals surface area (Å²) in [5, 5.41) is 10.4. The number of aliphatic hydroxyl groups is 1. The van der Waals surface area contributed by atoms with Crippen LogP contribution >= 0.6 is 0 Å². The lowest BCUT2D eigenvalue weighted by molar-refractivity contribution is -0.147. The number of aliphatic hydroxyl groups excluding tert-OH is 1. The number of para-hydroxylation sites is 2. The van der Waals surface area contributed by atoms with E-state index >= 15 is 0 Å². The molecule has 0 aliphatic heterocycles. The van der Waals surface area contributed by atoms with Gasteiger partial charge in [-0.3, -0.25) is 4.90 Å². The van der Waals surface area contributed by atoms with Gasteiger partial charge in [-0.25, -0.2) is 4.98 Å². The first kappa shape index (κ1) is 18.4. The quantitative estimate of drug-likeness (QED) is 0.728. The molecule has 1 heterocycles. The van der Waals surface area contributed by atoms with Crippen molar-refractivity contribution < 1.29 is 18.3 Å². The van der Waals surface area contributed by atoms with Crippen molar-refractivity contribution in [2.45, 2.75) is 25.4 Å². The molecule has 2 aromatic carbocycles. The summed E-state index contributed by atoms with van der Waals surface area (Å²) in [6, 6.07) is 16.1. The monoisotopic (exact) mass is 363 g/mol. The van der Waals surface area contributed by atoms with Crippen LogP contribution in [-0.2, 0) is 19.3 Å². The highest BCUT2D eigenvalue weighted by Gasteiger charge is 2.37. The highest BCUT2D eigenvalue weighted by atomic mass is 19.4. The van der Waals surface area contributed by atoms with Gasteiger partial charge in [0, 0.05) is 13.1 Å². The summed E-state index contributed by atoms with van der Waals surface area (Å²) in [6.07, 6.45) is -5.53. The molecule has 3 aromatic rings. The Morgan fingerprint density at radius 2 is 1.73 bits per heavy atom. The Balaban J connectivity index is 1.75. The third kappa shape index (κ3) is 4.23. The molecule has 1 atom stereocenters. The number of fused-ring (bicyclic) bond motifs is 1. The molecule has 4 nitrogen and oxygen atoms in total. The van der Waals surface area contributed by atoms with Crippen LogP contribution in [0.5, 0.6) is 0 Å². The van der Waals surface area contributed by atoms with E-state index in [1.165, 1.54) is 6.07 Å². The molecule has 0 amide bonds. The highest BCUT2D eigenvalue weighted by Crippen LogP contribution is 2.31. The molecule has 0 aliphatic rings. The molecule has 0 unspecified atom stereocenters. The Bertz CT molecular complexity index is 861. The Labute approximate surface area is 149 Å². The first-order valence-electron chi connectivity index (χ1n) is 8.27. The number of aromatic nitrogens is 2. The number of likely N-dealkylation sites (N-methyl/N-ethyl adjacent to an activating group) is 1. The number of alkyl halides is 3. The highest BCUT2D eigenvalue weighted by molar-refractivity contribution is 5.76. The van der Waals surface area contributed by atoms with Gasteiger partial charge in [-0.05, 0) is 24.7 Å². The predicted molar refractivity (Wildman–Crippen MR) is 93.5 cm³/mol. The molecule has 1 aromatic heterocycles. The fourth-order valence-electron chi connectivity index (χ4n) is 3.06. The summed E-state index contributed by atoms with van der Waals surface area (Å²) in [4.78, 5) is 5.58. The fraction of sp³-hybridized carbons (Fsp3) is 0.316. The Morgan fingerprint density at radius 1 is 1.08 bits per heavy atom. The van der Waals surface area contributed by atoms with Crippen molar-refractivity contribution in [3.63, 3.8) is 0 Å². The molecule has 0 saturated carbocycles. The summed E-state index contributed by atoms with van der Waals surface area (Å²) < 4.78 is 41.0. The topological polar surface area (TPSA) is 41.3 Å². The number of halogens is 3. The van der Waals surface area contributed by atoms with E-state index in [1.807, 2.05) is 42.3 Å². The van der Waals surface area contributed by atoms with Crippen LogP contribution in [0, 0.1) is 0 Å². The third-order valence-electron chi connectivity index (χ3n) is 4.12. The van der Waals surface area contributed by atoms with E-state index in [-0.39, 0.29) is 18.6 Å². The van der Waals surface area contributed by atoms with Crippen LogP contribution in [0.2, 0.25) is 0 Å². The summed E-state index contributed by atoms with van der Waals surface area (Å²) in [5.41, 5.74) is 1.71. The maximum Gasteiger partial charge on any atom is 0.449 e. The molecule has 7 heteroatoms. The number of hydrogen-bond donors (Lipinski definition) is 1. The van der Waals surface area contributed by atoms with Gasteiger partial charge in [0.2, 0.25) is 5.82 Å². The second-order valence-corrected chi connectivity index (χ2v) is 6.37. The molecular formula is C19H20F3N3O. The van der Waals surface area contributed by atoms with Gasteiger partial charge in [-0.2, -0.15) is 13.2 Å². The lowest BCUT2D eigenvalue weighted by atomic mass is 10.2. The Morgan fingerprint density at radius 3 is 2.42 bits per heavy atom. The first-order valence-corrected chi connectivity index (χ1v) is 8.27. The van der Waals surface area contributed by atoms with E-state index < -0.39 is 18.1 Å². The Hall–Kier alpha value is -2.38. The summed E-state index contributed by atoms with van der Waals surface area (Å²) in [6.45, 7) is 0.682. The number of benzene rings is 2. The van der Waals surface area contributed by atoms with E-state index in [1.54, 1.807) is 18.2 Å². The van der Waals surface area contributed by atoms with Crippen molar-refractivity contribution in [1.29, 1.82) is 0 Å². The summed E-state index contributed by atoms with van der Waals surface area (Å²) in [5.74, 6) is -0.983. The molecule has 3 rings (SSSR count). The van der Waals surface area contributed by atoms with E-state index in [0.717, 1.165) is 10.1 Å². The van der Waals surface area contributed by atoms with Gasteiger partial charge in [-0.15, -0.1) is 0 Å². The lowest BCUT2D eigenvalue weighted by Gasteiger charge is -2.22. The van der Waals surface area contributed by atoms with Crippen LogP contribution < -0.4 is 0 Å². The van der Waals surface area contributed by atoms with Gasteiger partial charge in [0.15, 0.2) is 0 Å². The minimum atomic E-state index is -4.57. The molecule has 1 N–H and O–H groups in total. The summed E-state index contributed by atoms with van der Waals surface area (Å²) >= 11 is 0. The van der Waals surface area contributed by atoms with Crippen molar-refractivity contribution in [1.82, 2.24) is 14.5 Å². The second kappa shape index (κ2) is 7.47. The van der Waals surface area contributed by atoms with Crippen LogP contribution in [0.4, 0.5) is 13.2 Å². The average Bonchev–Trinajstić information content (AvgIpc) is 2.94. The van der Waals surface area contributed by atoms with Crippen LogP contribution in [-0.4, -0.2) is 39.3 Å². The van der Waals surface area contributed by atoms with Crippen LogP contribution in [0.15, 0.2) is 54.6 Å². The predicted octanol–water partition coefficient (Wildman–Crippen LogP) is 3.55. The smallest absolute Gasteiger partial charge is 0.390 e. The van der Waals surface area contributed by atoms with Gasteiger partial charge >= 0.3 is 6.18 Å². The zero-order valence-corrected chi connectivity index (χ0v) is 14.3. The molecule has 26 heavy (non-hydrogen) atoms. The van der Waals surface area contributed by atoms with Crippen LogP contribution in [0.1, 0.15) is 11.4 Å². The average molecular weight is 363 g/mol. The van der Waals surface area contributed by atoms with Gasteiger partial charge in [0.25, 0.3) is 0 Å². The third-order valence-corrected chi connectivity index (χ3v) is 4.12.